The Morgan fingerprint density at radius 2 is 1.25 bits per heavy atom. The van der Waals surface area contributed by atoms with Crippen molar-refractivity contribution in [3.8, 4) is 0 Å². The lowest BCUT2D eigenvalue weighted by Crippen LogP contribution is -2.22. The van der Waals surface area contributed by atoms with Crippen LogP contribution in [0.15, 0.2) is 28.1 Å². The summed E-state index contributed by atoms with van der Waals surface area (Å²) in [6.07, 6.45) is 31.0. The summed E-state index contributed by atoms with van der Waals surface area (Å²) in [5.74, 6) is 0. The quantitative estimate of drug-likeness (QED) is 0.0372. The highest BCUT2D eigenvalue weighted by Crippen LogP contribution is 2.17. The van der Waals surface area contributed by atoms with E-state index in [1.165, 1.54) is 135 Å². The van der Waals surface area contributed by atoms with E-state index in [2.05, 4.69) is 59.6 Å². The van der Waals surface area contributed by atoms with Crippen molar-refractivity contribution >= 4 is 0 Å². The molecule has 242 valence electrons. The molecule has 1 atom stereocenters. The highest BCUT2D eigenvalue weighted by Gasteiger charge is 2.17. The first-order valence-corrected chi connectivity index (χ1v) is 16.5. The number of unbranched alkanes of at least 4 members (excludes halogenated alkanes) is 17. The van der Waals surface area contributed by atoms with Crippen LogP contribution in [0.1, 0.15) is 178 Å². The molecule has 0 fully saturated rings. The summed E-state index contributed by atoms with van der Waals surface area (Å²) < 4.78 is 0. The van der Waals surface area contributed by atoms with Crippen LogP contribution in [0.2, 0.25) is 0 Å². The van der Waals surface area contributed by atoms with Gasteiger partial charge >= 0.3 is 0 Å². The number of rotatable bonds is 24. The molecular formula is C33H73FN6. The minimum Gasteiger partial charge on any atom is -0.277 e. The predicted molar refractivity (Wildman–Crippen MR) is 180 cm³/mol. The van der Waals surface area contributed by atoms with Gasteiger partial charge in [0.15, 0.2) is 0 Å². The molecule has 1 aliphatic heterocycles. The van der Waals surface area contributed by atoms with Gasteiger partial charge in [-0.1, -0.05) is 161 Å². The largest absolute Gasteiger partial charge is 0.277 e. The molecule has 0 radical (unpaired) electrons. The summed E-state index contributed by atoms with van der Waals surface area (Å²) in [7, 11) is 0. The van der Waals surface area contributed by atoms with Crippen molar-refractivity contribution in [2.45, 2.75) is 182 Å². The lowest BCUT2D eigenvalue weighted by Gasteiger charge is -2.13. The van der Waals surface area contributed by atoms with Crippen molar-refractivity contribution in [3.63, 3.8) is 0 Å². The molecule has 1 unspecified atom stereocenters. The molecule has 7 heteroatoms. The van der Waals surface area contributed by atoms with E-state index < -0.39 is 0 Å². The van der Waals surface area contributed by atoms with E-state index in [0.717, 1.165) is 19.5 Å². The third kappa shape index (κ3) is 38.5. The van der Waals surface area contributed by atoms with E-state index in [9.17, 15) is 0 Å². The summed E-state index contributed by atoms with van der Waals surface area (Å²) in [5.41, 5.74) is 7.88. The normalized spacial score (nSPS) is 13.1. The maximum Gasteiger partial charge on any atom is 0.0921 e. The number of allylic oxidation sites excluding steroid dienone is 1. The zero-order chi connectivity index (χ0) is 28.4. The van der Waals surface area contributed by atoms with Crippen molar-refractivity contribution in [1.82, 2.24) is 5.01 Å². The Bertz CT molecular complexity index is 544. The first-order chi connectivity index (χ1) is 18.7. The molecule has 0 N–H and O–H groups in total. The average Bonchev–Trinajstić information content (AvgIpc) is 3.39. The van der Waals surface area contributed by atoms with Gasteiger partial charge in [-0.25, -0.2) is 0 Å². The van der Waals surface area contributed by atoms with Gasteiger partial charge in [-0.2, -0.15) is 5.11 Å². The van der Waals surface area contributed by atoms with Crippen LogP contribution in [0.3, 0.4) is 0 Å². The number of hydrogen-bond donors (Lipinski definition) is 0. The van der Waals surface area contributed by atoms with Gasteiger partial charge in [0.1, 0.15) is 0 Å². The van der Waals surface area contributed by atoms with E-state index in [4.69, 9.17) is 5.53 Å². The van der Waals surface area contributed by atoms with Crippen molar-refractivity contribution in [3.05, 3.63) is 23.1 Å². The second-order valence-electron chi connectivity index (χ2n) is 10.7. The fraction of sp³-hybridized carbons (Fsp3) is 0.939. The number of nitrogens with zero attached hydrogens (tertiary/aromatic N) is 6. The van der Waals surface area contributed by atoms with Gasteiger partial charge in [-0.05, 0) is 37.6 Å². The van der Waals surface area contributed by atoms with E-state index >= 15 is 0 Å². The van der Waals surface area contributed by atoms with Crippen LogP contribution in [0.25, 0.3) is 10.4 Å². The Hall–Kier alpha value is -1.62. The third-order valence-corrected chi connectivity index (χ3v) is 6.86. The van der Waals surface area contributed by atoms with Crippen LogP contribution in [0, 0.1) is 0 Å². The van der Waals surface area contributed by atoms with Gasteiger partial charge in [0.25, 0.3) is 0 Å². The summed E-state index contributed by atoms with van der Waals surface area (Å²) in [6, 6.07) is 0.484. The van der Waals surface area contributed by atoms with Crippen LogP contribution in [-0.2, 0) is 0 Å². The maximum absolute atomic E-state index is 7.88. The highest BCUT2D eigenvalue weighted by molar-refractivity contribution is 4.73. The van der Waals surface area contributed by atoms with Crippen LogP contribution >= 0.6 is 0 Å². The Morgan fingerprint density at radius 1 is 0.775 bits per heavy atom. The summed E-state index contributed by atoms with van der Waals surface area (Å²) in [6.45, 7) is 15.5. The molecule has 1 rings (SSSR count). The molecular weight excluding hydrogens is 499 g/mol. The average molecular weight is 574 g/mol. The fourth-order valence-corrected chi connectivity index (χ4v) is 4.35. The smallest absolute Gasteiger partial charge is 0.0921 e. The van der Waals surface area contributed by atoms with E-state index in [1.54, 1.807) is 0 Å². The third-order valence-electron chi connectivity index (χ3n) is 6.86. The van der Waals surface area contributed by atoms with Gasteiger partial charge in [0.2, 0.25) is 0 Å². The van der Waals surface area contributed by atoms with Crippen LogP contribution in [-0.4, -0.2) is 30.7 Å². The predicted octanol–water partition coefficient (Wildman–Crippen LogP) is 13.2. The minimum absolute atomic E-state index is 0. The van der Waals surface area contributed by atoms with Gasteiger partial charge in [-0.15, -0.1) is 6.58 Å². The lowest BCUT2D eigenvalue weighted by molar-refractivity contribution is 0.296. The van der Waals surface area contributed by atoms with E-state index in [-0.39, 0.29) is 13.6 Å². The molecule has 1 heterocycles. The molecule has 40 heavy (non-hydrogen) atoms. The zero-order valence-electron chi connectivity index (χ0n) is 26.6. The summed E-state index contributed by atoms with van der Waals surface area (Å²) >= 11 is 0. The molecule has 0 aromatic heterocycles. The van der Waals surface area contributed by atoms with E-state index in [1.807, 2.05) is 6.08 Å². The molecule has 0 amide bonds. The maximum atomic E-state index is 7.88. The number of hydrogen-bond acceptors (Lipinski definition) is 4. The molecule has 0 aliphatic carbocycles. The molecule has 0 bridgehead atoms. The molecule has 0 aromatic rings. The molecule has 0 saturated heterocycles. The topological polar surface area (TPSA) is 76.7 Å². The Morgan fingerprint density at radius 3 is 1.77 bits per heavy atom. The first-order valence-electron chi connectivity index (χ1n) is 16.5. The molecule has 0 spiro atoms. The second kappa shape index (κ2) is 41.9. The fourth-order valence-electron chi connectivity index (χ4n) is 4.35. The summed E-state index contributed by atoms with van der Waals surface area (Å²) in [4.78, 5) is 2.66. The SMILES string of the molecule is C.C=CCCCCCCCC.CCCCCCCCC1CN(CCCCCC)N=N1.CCCCCCN=[N+]=[N-].F.[2HH]. The van der Waals surface area contributed by atoms with Gasteiger partial charge in [-0.3, -0.25) is 9.71 Å². The standard InChI is InChI=1S/C16H33N3.C10H20.C6H13N3.CH4.FH.H2/c1-3-5-7-9-10-11-13-16-15-19(18-17-16)14-12-8-6-4-2;1-3-5-7-9-10-8-6-4-2;1-2-3-4-5-6-8-9-7;;;/h16H,3-15H2,1-2H3;3H,1,4-10H2,2H3;2-6H2,1H3;1H4;2*1H/i;;;;;1+1. The molecule has 1 aliphatic rings. The Labute approximate surface area is 251 Å². The Balaban J connectivity index is -0.000000168. The molecule has 0 saturated carbocycles. The second-order valence-corrected chi connectivity index (χ2v) is 10.7. The summed E-state index contributed by atoms with van der Waals surface area (Å²) in [5, 5.41) is 14.3. The number of azide groups is 1. The minimum atomic E-state index is 0. The Kier molecular flexibility index (Phi) is 47.5. The lowest BCUT2D eigenvalue weighted by atomic mass is 10.1. The van der Waals surface area contributed by atoms with Crippen LogP contribution in [0.5, 0.6) is 0 Å². The van der Waals surface area contributed by atoms with Crippen molar-refractivity contribution in [2.24, 2.45) is 15.5 Å². The van der Waals surface area contributed by atoms with Crippen molar-refractivity contribution in [1.29, 1.82) is 0 Å². The van der Waals surface area contributed by atoms with Crippen molar-refractivity contribution < 1.29 is 6.13 Å². The van der Waals surface area contributed by atoms with Gasteiger partial charge in [0.05, 0.1) is 12.6 Å². The van der Waals surface area contributed by atoms with Crippen LogP contribution < -0.4 is 0 Å². The highest BCUT2D eigenvalue weighted by atomic mass is 19.0. The van der Waals surface area contributed by atoms with Gasteiger partial charge in [0, 0.05) is 19.4 Å². The zero-order valence-corrected chi connectivity index (χ0v) is 26.6. The van der Waals surface area contributed by atoms with E-state index in [0.29, 0.717) is 12.6 Å². The number of halogens is 1. The monoisotopic (exact) mass is 574 g/mol. The van der Waals surface area contributed by atoms with Gasteiger partial charge < -0.3 is 0 Å². The van der Waals surface area contributed by atoms with Crippen molar-refractivity contribution in [2.75, 3.05) is 19.6 Å². The first kappa shape index (κ1) is 45.4. The molecule has 6 nitrogen and oxygen atoms in total. The molecule has 0 aromatic carbocycles. The van der Waals surface area contributed by atoms with Crippen LogP contribution in [0.4, 0.5) is 4.70 Å².